The molecule has 0 amide bonds. The number of benzene rings is 2. The van der Waals surface area contributed by atoms with Gasteiger partial charge in [-0.25, -0.2) is 0 Å². The van der Waals surface area contributed by atoms with Crippen LogP contribution in [0.3, 0.4) is 0 Å². The SMILES string of the molecule is CC(C)=CCCC(C)=CCCC(C)=CCc1c(O)cc2c(c1O)C(=O)CC(c1ccc(O)c(O)c1)O2. The molecule has 0 radical (unpaired) electrons. The molecule has 1 heterocycles. The number of aromatic hydroxyl groups is 4. The molecule has 1 atom stereocenters. The summed E-state index contributed by atoms with van der Waals surface area (Å²) in [6, 6.07) is 5.57. The maximum Gasteiger partial charge on any atom is 0.174 e. The van der Waals surface area contributed by atoms with Gasteiger partial charge in [0.1, 0.15) is 28.9 Å². The molecule has 4 N–H and O–H groups in total. The molecule has 3 rings (SSSR count). The van der Waals surface area contributed by atoms with E-state index in [-0.39, 0.29) is 46.5 Å². The Labute approximate surface area is 212 Å². The molecule has 1 aliphatic rings. The fourth-order valence-electron chi connectivity index (χ4n) is 4.24. The van der Waals surface area contributed by atoms with Crippen LogP contribution in [0.25, 0.3) is 0 Å². The number of fused-ring (bicyclic) bond motifs is 1. The molecule has 0 bridgehead atoms. The Kier molecular flexibility index (Phi) is 8.86. The summed E-state index contributed by atoms with van der Waals surface area (Å²) >= 11 is 0. The van der Waals surface area contributed by atoms with Gasteiger partial charge in [-0.1, -0.05) is 41.0 Å². The Morgan fingerprint density at radius 3 is 2.22 bits per heavy atom. The second-order valence-electron chi connectivity index (χ2n) is 9.74. The topological polar surface area (TPSA) is 107 Å². The summed E-state index contributed by atoms with van der Waals surface area (Å²) in [6.07, 6.45) is 9.91. The summed E-state index contributed by atoms with van der Waals surface area (Å²) in [5.41, 5.74) is 4.69. The minimum atomic E-state index is -0.707. The number of ether oxygens (including phenoxy) is 1. The predicted molar refractivity (Wildman–Crippen MR) is 141 cm³/mol. The van der Waals surface area contributed by atoms with Gasteiger partial charge in [-0.3, -0.25) is 4.79 Å². The Morgan fingerprint density at radius 2 is 1.56 bits per heavy atom. The summed E-state index contributed by atoms with van der Waals surface area (Å²) in [4.78, 5) is 12.9. The monoisotopic (exact) mass is 492 g/mol. The van der Waals surface area contributed by atoms with Gasteiger partial charge in [0.05, 0.1) is 6.42 Å². The average molecular weight is 493 g/mol. The molecule has 1 aliphatic heterocycles. The van der Waals surface area contributed by atoms with Crippen LogP contribution in [0.2, 0.25) is 0 Å². The van der Waals surface area contributed by atoms with E-state index in [4.69, 9.17) is 4.74 Å². The van der Waals surface area contributed by atoms with Crippen LogP contribution in [-0.4, -0.2) is 26.2 Å². The van der Waals surface area contributed by atoms with Gasteiger partial charge in [-0.05, 0) is 77.5 Å². The molecule has 6 heteroatoms. The lowest BCUT2D eigenvalue weighted by molar-refractivity contribution is 0.0844. The number of rotatable bonds is 9. The summed E-state index contributed by atoms with van der Waals surface area (Å²) < 4.78 is 5.88. The lowest BCUT2D eigenvalue weighted by atomic mass is 9.92. The molecule has 0 aromatic heterocycles. The first-order valence-corrected chi connectivity index (χ1v) is 12.3. The fourth-order valence-corrected chi connectivity index (χ4v) is 4.24. The first kappa shape index (κ1) is 26.9. The molecular formula is C30H36O6. The van der Waals surface area contributed by atoms with Crippen LogP contribution in [0, 0.1) is 0 Å². The maximum atomic E-state index is 12.9. The third-order valence-corrected chi connectivity index (χ3v) is 6.41. The third kappa shape index (κ3) is 6.72. The number of hydrogen-bond acceptors (Lipinski definition) is 6. The number of phenols is 4. The third-order valence-electron chi connectivity index (χ3n) is 6.41. The molecule has 0 spiro atoms. The first-order valence-electron chi connectivity index (χ1n) is 12.3. The Morgan fingerprint density at radius 1 is 0.889 bits per heavy atom. The molecule has 36 heavy (non-hydrogen) atoms. The van der Waals surface area contributed by atoms with Gasteiger partial charge < -0.3 is 25.2 Å². The summed E-state index contributed by atoms with van der Waals surface area (Å²) in [5.74, 6) is -1.21. The highest BCUT2D eigenvalue weighted by Crippen LogP contribution is 2.45. The van der Waals surface area contributed by atoms with E-state index < -0.39 is 6.10 Å². The quantitative estimate of drug-likeness (QED) is 0.218. The van der Waals surface area contributed by atoms with Crippen LogP contribution in [0.5, 0.6) is 28.7 Å². The standard InChI is InChI=1S/C30H36O6/c1-18(2)7-5-8-19(3)9-6-10-20(4)11-13-22-24(32)16-28-29(30(22)35)26(34)17-27(36-28)21-12-14-23(31)25(33)15-21/h7,9,11-12,14-16,27,31-33,35H,5-6,8,10,13,17H2,1-4H3. The van der Waals surface area contributed by atoms with E-state index in [0.29, 0.717) is 17.5 Å². The highest BCUT2D eigenvalue weighted by Gasteiger charge is 2.32. The molecule has 0 aliphatic carbocycles. The van der Waals surface area contributed by atoms with E-state index in [1.807, 2.05) is 13.0 Å². The molecule has 0 saturated carbocycles. The Balaban J connectivity index is 1.69. The zero-order valence-corrected chi connectivity index (χ0v) is 21.5. The maximum absolute atomic E-state index is 12.9. The largest absolute Gasteiger partial charge is 0.507 e. The van der Waals surface area contributed by atoms with E-state index in [1.54, 1.807) is 6.07 Å². The second-order valence-corrected chi connectivity index (χ2v) is 9.74. The van der Waals surface area contributed by atoms with Crippen molar-refractivity contribution in [3.8, 4) is 28.7 Å². The van der Waals surface area contributed by atoms with E-state index in [2.05, 4.69) is 32.9 Å². The first-order chi connectivity index (χ1) is 17.1. The van der Waals surface area contributed by atoms with E-state index in [0.717, 1.165) is 31.3 Å². The molecule has 0 saturated heterocycles. The van der Waals surface area contributed by atoms with Crippen LogP contribution in [0.4, 0.5) is 0 Å². The van der Waals surface area contributed by atoms with Crippen molar-refractivity contribution in [2.75, 3.05) is 0 Å². The van der Waals surface area contributed by atoms with Crippen molar-refractivity contribution in [3.05, 3.63) is 75.9 Å². The van der Waals surface area contributed by atoms with Crippen molar-refractivity contribution < 1.29 is 30.0 Å². The van der Waals surface area contributed by atoms with Crippen LogP contribution in [0.1, 0.15) is 87.4 Å². The summed E-state index contributed by atoms with van der Waals surface area (Å²) in [7, 11) is 0. The molecule has 2 aromatic carbocycles. The number of ketones is 1. The van der Waals surface area contributed by atoms with Gasteiger partial charge >= 0.3 is 0 Å². The second kappa shape index (κ2) is 11.8. The van der Waals surface area contributed by atoms with Gasteiger partial charge in [0.15, 0.2) is 17.3 Å². The highest BCUT2D eigenvalue weighted by atomic mass is 16.5. The van der Waals surface area contributed by atoms with Gasteiger partial charge in [-0.15, -0.1) is 0 Å². The van der Waals surface area contributed by atoms with Crippen LogP contribution in [0.15, 0.2) is 59.2 Å². The lowest BCUT2D eigenvalue weighted by Gasteiger charge is -2.27. The van der Waals surface area contributed by atoms with E-state index in [1.165, 1.54) is 29.3 Å². The number of Topliss-reactive ketones (excluding diaryl/α,β-unsaturated/α-hetero) is 1. The van der Waals surface area contributed by atoms with Gasteiger partial charge in [0.2, 0.25) is 0 Å². The van der Waals surface area contributed by atoms with Gasteiger partial charge in [0.25, 0.3) is 0 Å². The van der Waals surface area contributed by atoms with Crippen LogP contribution in [-0.2, 0) is 6.42 Å². The van der Waals surface area contributed by atoms with Crippen molar-refractivity contribution in [3.63, 3.8) is 0 Å². The van der Waals surface area contributed by atoms with Crippen LogP contribution < -0.4 is 4.74 Å². The fraction of sp³-hybridized carbons (Fsp3) is 0.367. The summed E-state index contributed by atoms with van der Waals surface area (Å²) in [6.45, 7) is 8.38. The number of carbonyl (C=O) groups is 1. The molecule has 6 nitrogen and oxygen atoms in total. The molecule has 192 valence electrons. The van der Waals surface area contributed by atoms with Crippen molar-refractivity contribution in [1.82, 2.24) is 0 Å². The van der Waals surface area contributed by atoms with E-state index in [9.17, 15) is 25.2 Å². The highest BCUT2D eigenvalue weighted by molar-refractivity contribution is 6.03. The Bertz CT molecular complexity index is 1210. The van der Waals surface area contributed by atoms with Gasteiger partial charge in [0, 0.05) is 11.6 Å². The number of allylic oxidation sites excluding steroid dienone is 6. The minimum absolute atomic E-state index is 0.0385. The average Bonchev–Trinajstić information content (AvgIpc) is 2.79. The number of carbonyl (C=O) groups excluding carboxylic acids is 1. The molecule has 0 fully saturated rings. The Hall–Kier alpha value is -3.67. The molecular weight excluding hydrogens is 456 g/mol. The van der Waals surface area contributed by atoms with Crippen molar-refractivity contribution in [2.24, 2.45) is 0 Å². The van der Waals surface area contributed by atoms with Crippen LogP contribution >= 0.6 is 0 Å². The number of phenolic OH excluding ortho intramolecular Hbond substituents is 4. The number of hydrogen-bond donors (Lipinski definition) is 4. The smallest absolute Gasteiger partial charge is 0.174 e. The van der Waals surface area contributed by atoms with E-state index >= 15 is 0 Å². The lowest BCUT2D eigenvalue weighted by Crippen LogP contribution is -2.21. The zero-order valence-electron chi connectivity index (χ0n) is 21.5. The molecule has 1 unspecified atom stereocenters. The van der Waals surface area contributed by atoms with Gasteiger partial charge in [-0.2, -0.15) is 0 Å². The summed E-state index contributed by atoms with van der Waals surface area (Å²) in [5, 5.41) is 40.7. The predicted octanol–water partition coefficient (Wildman–Crippen LogP) is 7.18. The van der Waals surface area contributed by atoms with Crippen molar-refractivity contribution in [2.45, 2.75) is 72.3 Å². The zero-order chi connectivity index (χ0) is 26.4. The molecule has 2 aromatic rings. The minimum Gasteiger partial charge on any atom is -0.507 e. The van der Waals surface area contributed by atoms with Crippen molar-refractivity contribution in [1.29, 1.82) is 0 Å². The normalized spacial score (nSPS) is 15.9. The van der Waals surface area contributed by atoms with Crippen molar-refractivity contribution >= 4 is 5.78 Å².